The van der Waals surface area contributed by atoms with Gasteiger partial charge in [-0.3, -0.25) is 4.90 Å². The second-order valence-corrected chi connectivity index (χ2v) is 11.4. The average Bonchev–Trinajstić information content (AvgIpc) is 3.64. The van der Waals surface area contributed by atoms with Crippen molar-refractivity contribution in [2.24, 2.45) is 0 Å². The van der Waals surface area contributed by atoms with E-state index >= 15 is 0 Å². The van der Waals surface area contributed by atoms with Crippen LogP contribution in [0.4, 0.5) is 5.69 Å². The smallest absolute Gasteiger partial charge is 0.215 e. The number of piperazine rings is 1. The molecule has 10 heteroatoms. The van der Waals surface area contributed by atoms with Crippen molar-refractivity contribution in [2.75, 3.05) is 37.7 Å². The van der Waals surface area contributed by atoms with E-state index in [4.69, 9.17) is 49.0 Å². The van der Waals surface area contributed by atoms with Crippen LogP contribution in [0, 0.1) is 6.54 Å². The molecule has 0 unspecified atom stereocenters. The first kappa shape index (κ1) is 28.3. The van der Waals surface area contributed by atoms with Crippen LogP contribution in [0.25, 0.3) is 0 Å². The van der Waals surface area contributed by atoms with Crippen LogP contribution in [0.2, 0.25) is 15.1 Å². The third kappa shape index (κ3) is 6.67. The molecule has 2 saturated heterocycles. The molecule has 4 aromatic rings. The molecule has 213 valence electrons. The lowest BCUT2D eigenvalue weighted by Crippen LogP contribution is -2.42. The van der Waals surface area contributed by atoms with E-state index in [0.717, 1.165) is 48.2 Å². The number of hydrogen-bond acceptors (Lipinski definition) is 6. The number of benzene rings is 3. The molecule has 0 saturated carbocycles. The Kier molecular flexibility index (Phi) is 8.72. The van der Waals surface area contributed by atoms with Crippen LogP contribution in [-0.4, -0.2) is 53.4 Å². The molecule has 3 heterocycles. The van der Waals surface area contributed by atoms with Crippen molar-refractivity contribution in [3.63, 3.8) is 0 Å². The molecule has 2 aliphatic rings. The van der Waals surface area contributed by atoms with Gasteiger partial charge >= 0.3 is 0 Å². The molecule has 0 spiro atoms. The zero-order valence-electron chi connectivity index (χ0n) is 22.3. The molecule has 7 nitrogen and oxygen atoms in total. The Balaban J connectivity index is 1.04. The van der Waals surface area contributed by atoms with Crippen molar-refractivity contribution in [1.82, 2.24) is 14.5 Å². The van der Waals surface area contributed by atoms with Crippen LogP contribution < -0.4 is 9.64 Å². The first-order valence-corrected chi connectivity index (χ1v) is 14.6. The number of nitrogens with zero attached hydrogens (tertiary/aromatic N) is 4. The van der Waals surface area contributed by atoms with Gasteiger partial charge in [-0.2, -0.15) is 0 Å². The molecular weight excluding hydrogens is 583 g/mol. The highest BCUT2D eigenvalue weighted by Crippen LogP contribution is 2.40. The topological polar surface area (TPSA) is 52.0 Å². The monoisotopic (exact) mass is 611 g/mol. The largest absolute Gasteiger partial charge is 0.491 e. The molecule has 2 fully saturated rings. The van der Waals surface area contributed by atoms with Gasteiger partial charge in [-0.05, 0) is 48.0 Å². The fourth-order valence-electron chi connectivity index (χ4n) is 5.19. The molecule has 2 aliphatic heterocycles. The Morgan fingerprint density at radius 2 is 1.83 bits per heavy atom. The minimum Gasteiger partial charge on any atom is -0.491 e. The molecule has 3 aromatic carbocycles. The maximum atomic E-state index is 6.57. The Bertz CT molecular complexity index is 1450. The highest BCUT2D eigenvalue weighted by atomic mass is 35.5. The lowest BCUT2D eigenvalue weighted by Gasteiger charge is -2.35. The van der Waals surface area contributed by atoms with Gasteiger partial charge < -0.3 is 23.7 Å². The van der Waals surface area contributed by atoms with Crippen molar-refractivity contribution in [3.05, 3.63) is 118 Å². The van der Waals surface area contributed by atoms with Gasteiger partial charge in [0.1, 0.15) is 18.5 Å². The van der Waals surface area contributed by atoms with Crippen molar-refractivity contribution >= 4 is 40.5 Å². The van der Waals surface area contributed by atoms with Gasteiger partial charge in [0.25, 0.3) is 0 Å². The molecule has 2 atom stereocenters. The van der Waals surface area contributed by atoms with E-state index in [1.807, 2.05) is 47.2 Å². The number of imidazole rings is 1. The fraction of sp³-hybridized carbons (Fsp3) is 0.290. The Hall–Kier alpha value is -2.78. The van der Waals surface area contributed by atoms with E-state index in [1.54, 1.807) is 24.7 Å². The zero-order chi connectivity index (χ0) is 28.2. The van der Waals surface area contributed by atoms with Crippen molar-refractivity contribution in [3.8, 4) is 5.75 Å². The van der Waals surface area contributed by atoms with Crippen molar-refractivity contribution in [2.45, 2.75) is 25.0 Å². The lowest BCUT2D eigenvalue weighted by atomic mass is 10.1. The Labute approximate surface area is 255 Å². The number of anilines is 1. The minimum absolute atomic E-state index is 0.286. The third-order valence-electron chi connectivity index (χ3n) is 7.34. The second-order valence-electron chi connectivity index (χ2n) is 10.2. The molecule has 41 heavy (non-hydrogen) atoms. The molecule has 1 radical (unpaired) electrons. The predicted octanol–water partition coefficient (Wildman–Crippen LogP) is 6.67. The van der Waals surface area contributed by atoms with E-state index in [9.17, 15) is 0 Å². The fourth-order valence-corrected chi connectivity index (χ4v) is 5.93. The number of halogens is 3. The summed E-state index contributed by atoms with van der Waals surface area (Å²) in [4.78, 5) is 8.82. The van der Waals surface area contributed by atoms with Gasteiger partial charge in [-0.15, -0.1) is 0 Å². The molecular formula is C31H30Cl3N4O3. The molecule has 6 rings (SSSR count). The van der Waals surface area contributed by atoms with Crippen LogP contribution >= 0.6 is 34.8 Å². The summed E-state index contributed by atoms with van der Waals surface area (Å²) in [6.07, 6.45) is 5.01. The number of ether oxygens (including phenoxy) is 3. The van der Waals surface area contributed by atoms with Crippen LogP contribution in [0.15, 0.2) is 85.5 Å². The van der Waals surface area contributed by atoms with Gasteiger partial charge in [-0.1, -0.05) is 59.1 Å². The van der Waals surface area contributed by atoms with E-state index in [-0.39, 0.29) is 6.10 Å². The molecule has 0 aliphatic carbocycles. The Morgan fingerprint density at radius 1 is 0.976 bits per heavy atom. The second kappa shape index (κ2) is 12.6. The van der Waals surface area contributed by atoms with Gasteiger partial charge in [0.2, 0.25) is 5.79 Å². The van der Waals surface area contributed by atoms with E-state index in [1.165, 1.54) is 0 Å². The molecule has 0 amide bonds. The zero-order valence-corrected chi connectivity index (χ0v) is 24.6. The minimum atomic E-state index is -1.08. The summed E-state index contributed by atoms with van der Waals surface area (Å²) in [6, 6.07) is 21.5. The van der Waals surface area contributed by atoms with Crippen molar-refractivity contribution in [1.29, 1.82) is 0 Å². The van der Waals surface area contributed by atoms with Crippen LogP contribution in [0.3, 0.4) is 0 Å². The standard InChI is InChI=1S/C31H30Cl3N4O3/c32-24-5-10-28(30(34)17-24)31(21-37-12-11-35-22-37)40-20-27(41-31)19-39-26-8-6-25(7-9-26)38-15-13-36(14-16-38)18-23-3-1-2-4-29(23)33/h1-13,17,22,27H,14-16,18-21H2/t27-,31-/m1/s1. The quantitative estimate of drug-likeness (QED) is 0.210. The van der Waals surface area contributed by atoms with Crippen LogP contribution in [-0.2, 0) is 28.4 Å². The first-order chi connectivity index (χ1) is 20.0. The van der Waals surface area contributed by atoms with Gasteiger partial charge in [0, 0.05) is 66.4 Å². The SMILES string of the molecule is Clc1ccc([C@]2(Cn3ccnc3)OC[C@@H](COc3ccc(N4C[CH]N(Cc5ccccc5Cl)CC4)cc3)O2)c(Cl)c1. The van der Waals surface area contributed by atoms with Crippen LogP contribution in [0.5, 0.6) is 5.75 Å². The highest BCUT2D eigenvalue weighted by molar-refractivity contribution is 6.35. The lowest BCUT2D eigenvalue weighted by molar-refractivity contribution is -0.189. The summed E-state index contributed by atoms with van der Waals surface area (Å²) in [5.41, 5.74) is 3.02. The molecule has 0 bridgehead atoms. The van der Waals surface area contributed by atoms with E-state index < -0.39 is 5.79 Å². The normalized spacial score (nSPS) is 21.3. The van der Waals surface area contributed by atoms with E-state index in [2.05, 4.69) is 39.5 Å². The number of hydrogen-bond donors (Lipinski definition) is 0. The molecule has 0 N–H and O–H groups in total. The summed E-state index contributed by atoms with van der Waals surface area (Å²) in [5.74, 6) is -0.305. The third-order valence-corrected chi connectivity index (χ3v) is 8.25. The van der Waals surface area contributed by atoms with Gasteiger partial charge in [0.15, 0.2) is 0 Å². The number of rotatable bonds is 9. The molecule has 1 aromatic heterocycles. The van der Waals surface area contributed by atoms with Gasteiger partial charge in [0.05, 0.1) is 24.5 Å². The summed E-state index contributed by atoms with van der Waals surface area (Å²) in [7, 11) is 0. The van der Waals surface area contributed by atoms with Gasteiger partial charge in [-0.25, -0.2) is 4.98 Å². The summed E-state index contributed by atoms with van der Waals surface area (Å²) in [5, 5.41) is 1.84. The first-order valence-electron chi connectivity index (χ1n) is 13.5. The van der Waals surface area contributed by atoms with Crippen molar-refractivity contribution < 1.29 is 14.2 Å². The average molecular weight is 613 g/mol. The summed E-state index contributed by atoms with van der Waals surface area (Å²) >= 11 is 19.1. The summed E-state index contributed by atoms with van der Waals surface area (Å²) < 4.78 is 20.8. The van der Waals surface area contributed by atoms with E-state index in [0.29, 0.717) is 35.4 Å². The number of aromatic nitrogens is 2. The maximum Gasteiger partial charge on any atom is 0.215 e. The highest BCUT2D eigenvalue weighted by Gasteiger charge is 2.45. The van der Waals surface area contributed by atoms with Crippen LogP contribution in [0.1, 0.15) is 11.1 Å². The maximum absolute atomic E-state index is 6.57. The predicted molar refractivity (Wildman–Crippen MR) is 162 cm³/mol. The Morgan fingerprint density at radius 3 is 2.56 bits per heavy atom. The summed E-state index contributed by atoms with van der Waals surface area (Å²) in [6.45, 7) is 6.84.